The third-order valence-electron chi connectivity index (χ3n) is 4.16. The number of carbonyl (C=O) groups is 3. The van der Waals surface area contributed by atoms with E-state index in [2.05, 4.69) is 26.3 Å². The van der Waals surface area contributed by atoms with E-state index in [9.17, 15) is 19.5 Å². The number of nitrogens with two attached hydrogens (primary N) is 3. The fraction of sp³-hybridized carbons (Fsp3) is 0.733. The standard InChI is InChI=1S/C15H27N6O4Se/c16-9(4-1-2-6-19-15(17)18)12(22)20-10(8-26)13(23)21-7-3-5-11(21)14(24)25/h9-11H,1-8,16H2,(H,20,22)(H,24,25)(H4,17,18,19)/t9-,10-,11-/m0/s1. The Kier molecular flexibility index (Phi) is 9.39. The van der Waals surface area contributed by atoms with Crippen LogP contribution in [0.1, 0.15) is 32.1 Å². The Labute approximate surface area is 160 Å². The summed E-state index contributed by atoms with van der Waals surface area (Å²) in [4.78, 5) is 41.2. The molecule has 3 atom stereocenters. The number of hydrogen-bond acceptors (Lipinski definition) is 5. The number of hydrogen-bond donors (Lipinski definition) is 5. The van der Waals surface area contributed by atoms with Crippen molar-refractivity contribution >= 4 is 39.8 Å². The van der Waals surface area contributed by atoms with E-state index in [4.69, 9.17) is 17.2 Å². The van der Waals surface area contributed by atoms with Gasteiger partial charge >= 0.3 is 160 Å². The maximum atomic E-state index is 12.6. The molecule has 1 aliphatic heterocycles. The van der Waals surface area contributed by atoms with Gasteiger partial charge in [-0.1, -0.05) is 0 Å². The van der Waals surface area contributed by atoms with Gasteiger partial charge in [0.15, 0.2) is 0 Å². The summed E-state index contributed by atoms with van der Waals surface area (Å²) >= 11 is 2.72. The van der Waals surface area contributed by atoms with Gasteiger partial charge in [-0.2, -0.15) is 0 Å². The summed E-state index contributed by atoms with van der Waals surface area (Å²) in [5, 5.41) is 12.1. The van der Waals surface area contributed by atoms with Crippen molar-refractivity contribution in [2.45, 2.75) is 55.5 Å². The van der Waals surface area contributed by atoms with Crippen LogP contribution in [0.4, 0.5) is 0 Å². The molecule has 1 radical (unpaired) electrons. The Morgan fingerprint density at radius 3 is 2.58 bits per heavy atom. The summed E-state index contributed by atoms with van der Waals surface area (Å²) in [7, 11) is 0. The van der Waals surface area contributed by atoms with Crippen molar-refractivity contribution in [1.82, 2.24) is 10.2 Å². The fourth-order valence-electron chi connectivity index (χ4n) is 2.76. The molecule has 0 aromatic rings. The van der Waals surface area contributed by atoms with Crippen molar-refractivity contribution in [2.75, 3.05) is 13.1 Å². The van der Waals surface area contributed by atoms with Crippen molar-refractivity contribution in [2.24, 2.45) is 22.2 Å². The van der Waals surface area contributed by atoms with Gasteiger partial charge in [0, 0.05) is 0 Å². The van der Waals surface area contributed by atoms with Gasteiger partial charge in [-0.15, -0.1) is 0 Å². The summed E-state index contributed by atoms with van der Waals surface area (Å²) in [5.74, 6) is -1.85. The van der Waals surface area contributed by atoms with Crippen LogP contribution in [-0.4, -0.2) is 81.0 Å². The van der Waals surface area contributed by atoms with Crippen LogP contribution < -0.4 is 22.5 Å². The first kappa shape index (κ1) is 22.2. The summed E-state index contributed by atoms with van der Waals surface area (Å²) in [6.45, 7) is 0.840. The van der Waals surface area contributed by atoms with Crippen LogP contribution in [0.2, 0.25) is 5.32 Å². The van der Waals surface area contributed by atoms with Crippen molar-refractivity contribution in [3.05, 3.63) is 0 Å². The predicted molar refractivity (Wildman–Crippen MR) is 97.4 cm³/mol. The quantitative estimate of drug-likeness (QED) is 0.113. The number of unbranched alkanes of at least 4 members (excludes halogenated alkanes) is 1. The monoisotopic (exact) mass is 435 g/mol. The van der Waals surface area contributed by atoms with Crippen molar-refractivity contribution in [3.8, 4) is 0 Å². The van der Waals surface area contributed by atoms with Crippen LogP contribution in [0.15, 0.2) is 4.99 Å². The first-order chi connectivity index (χ1) is 12.3. The summed E-state index contributed by atoms with van der Waals surface area (Å²) < 4.78 is 0. The minimum absolute atomic E-state index is 0.0224. The molecule has 147 valence electrons. The van der Waals surface area contributed by atoms with E-state index in [1.54, 1.807) is 0 Å². The Hall–Kier alpha value is -1.84. The van der Waals surface area contributed by atoms with Gasteiger partial charge in [0.05, 0.1) is 0 Å². The zero-order valence-corrected chi connectivity index (χ0v) is 16.3. The molecule has 0 spiro atoms. The van der Waals surface area contributed by atoms with E-state index in [0.29, 0.717) is 45.2 Å². The molecule has 10 nitrogen and oxygen atoms in total. The molecular weight excluding hydrogens is 407 g/mol. The van der Waals surface area contributed by atoms with Gasteiger partial charge in [-0.3, -0.25) is 0 Å². The number of likely N-dealkylation sites (tertiary alicyclic amines) is 1. The number of aliphatic carboxylic acids is 1. The molecule has 0 bridgehead atoms. The normalized spacial score (nSPS) is 18.8. The van der Waals surface area contributed by atoms with Crippen LogP contribution in [0.5, 0.6) is 0 Å². The van der Waals surface area contributed by atoms with E-state index >= 15 is 0 Å². The zero-order chi connectivity index (χ0) is 19.7. The van der Waals surface area contributed by atoms with Gasteiger partial charge < -0.3 is 0 Å². The number of amides is 2. The third-order valence-corrected chi connectivity index (χ3v) is 4.86. The van der Waals surface area contributed by atoms with E-state index in [0.717, 1.165) is 0 Å². The predicted octanol–water partition coefficient (Wildman–Crippen LogP) is -2.10. The third kappa shape index (κ3) is 6.81. The SMILES string of the molecule is NC(N)=NCCCC[C@H](N)C(=O)N[C@@H](C[Se])C(=O)N1CCC[C@H]1C(=O)O. The van der Waals surface area contributed by atoms with E-state index in [1.807, 2.05) is 0 Å². The number of guanidine groups is 1. The van der Waals surface area contributed by atoms with Gasteiger partial charge in [0.1, 0.15) is 0 Å². The van der Waals surface area contributed by atoms with Crippen LogP contribution in [0, 0.1) is 0 Å². The number of carbonyl (C=O) groups excluding carboxylic acids is 2. The first-order valence-electron chi connectivity index (χ1n) is 8.50. The molecule has 8 N–H and O–H groups in total. The van der Waals surface area contributed by atoms with E-state index in [1.165, 1.54) is 4.90 Å². The van der Waals surface area contributed by atoms with Crippen LogP contribution >= 0.6 is 0 Å². The summed E-state index contributed by atoms with van der Waals surface area (Å²) in [6.07, 6.45) is 2.84. The number of nitrogens with zero attached hydrogens (tertiary/aromatic N) is 2. The average Bonchev–Trinajstić information content (AvgIpc) is 3.08. The molecule has 0 aromatic carbocycles. The molecule has 1 fully saturated rings. The van der Waals surface area contributed by atoms with Gasteiger partial charge in [0.2, 0.25) is 0 Å². The molecule has 11 heteroatoms. The second-order valence-corrected chi connectivity index (χ2v) is 6.86. The Morgan fingerprint density at radius 1 is 1.31 bits per heavy atom. The summed E-state index contributed by atoms with van der Waals surface area (Å²) in [6, 6.07) is -2.42. The Balaban J connectivity index is 2.50. The van der Waals surface area contributed by atoms with Gasteiger partial charge in [-0.25, -0.2) is 0 Å². The van der Waals surface area contributed by atoms with Crippen LogP contribution in [-0.2, 0) is 14.4 Å². The number of carboxylic acid groups (broad SMARTS) is 1. The van der Waals surface area contributed by atoms with Crippen molar-refractivity contribution in [1.29, 1.82) is 0 Å². The van der Waals surface area contributed by atoms with Crippen molar-refractivity contribution < 1.29 is 19.5 Å². The molecule has 0 aromatic heterocycles. The first-order valence-corrected chi connectivity index (χ1v) is 9.71. The fourth-order valence-corrected chi connectivity index (χ4v) is 3.23. The second kappa shape index (κ2) is 11.0. The Morgan fingerprint density at radius 2 is 2.00 bits per heavy atom. The molecule has 0 aliphatic carbocycles. The van der Waals surface area contributed by atoms with Gasteiger partial charge in [-0.05, 0) is 0 Å². The molecule has 1 rings (SSSR count). The van der Waals surface area contributed by atoms with E-state index < -0.39 is 35.9 Å². The number of rotatable bonds is 10. The number of aliphatic imine (C=N–C) groups is 1. The molecule has 1 heterocycles. The van der Waals surface area contributed by atoms with Gasteiger partial charge in [0.25, 0.3) is 0 Å². The average molecular weight is 434 g/mol. The molecule has 0 unspecified atom stereocenters. The second-order valence-electron chi connectivity index (χ2n) is 6.16. The maximum absolute atomic E-state index is 12.6. The number of carboxylic acids is 1. The van der Waals surface area contributed by atoms with Crippen LogP contribution in [0.3, 0.4) is 0 Å². The molecule has 2 amide bonds. The van der Waals surface area contributed by atoms with Crippen molar-refractivity contribution in [3.63, 3.8) is 0 Å². The van der Waals surface area contributed by atoms with E-state index in [-0.39, 0.29) is 11.3 Å². The molecule has 26 heavy (non-hydrogen) atoms. The molecule has 1 aliphatic rings. The minimum atomic E-state index is -1.03. The van der Waals surface area contributed by atoms with Crippen LogP contribution in [0.25, 0.3) is 0 Å². The number of nitrogens with one attached hydrogen (secondary N) is 1. The topological polar surface area (TPSA) is 177 Å². The molecule has 0 saturated carbocycles. The Bertz CT molecular complexity index is 540. The zero-order valence-electron chi connectivity index (χ0n) is 14.6. The molecular formula is C15H27N6O4Se. The molecule has 1 saturated heterocycles. The summed E-state index contributed by atoms with van der Waals surface area (Å²) in [5.41, 5.74) is 16.3.